The van der Waals surface area contributed by atoms with Crippen molar-refractivity contribution < 1.29 is 13.2 Å². The van der Waals surface area contributed by atoms with Crippen LogP contribution in [0.3, 0.4) is 0 Å². The maximum atomic E-state index is 12.8. The van der Waals surface area contributed by atoms with Gasteiger partial charge < -0.3 is 20.0 Å². The summed E-state index contributed by atoms with van der Waals surface area (Å²) in [6.07, 6.45) is 3.32. The molecule has 0 bridgehead atoms. The van der Waals surface area contributed by atoms with Crippen molar-refractivity contribution in [3.8, 4) is 0 Å². The van der Waals surface area contributed by atoms with Crippen molar-refractivity contribution in [1.82, 2.24) is 14.6 Å². The lowest BCUT2D eigenvalue weighted by Gasteiger charge is -2.42. The molecule has 2 aliphatic rings. The van der Waals surface area contributed by atoms with Crippen molar-refractivity contribution in [2.75, 3.05) is 42.3 Å². The number of benzene rings is 1. The molecule has 3 heterocycles. The Labute approximate surface area is 202 Å². The van der Waals surface area contributed by atoms with E-state index in [2.05, 4.69) is 38.7 Å². The van der Waals surface area contributed by atoms with Gasteiger partial charge >= 0.3 is 0 Å². The van der Waals surface area contributed by atoms with Crippen LogP contribution in [0.5, 0.6) is 0 Å². The summed E-state index contributed by atoms with van der Waals surface area (Å²) in [5.41, 5.74) is 2.43. The van der Waals surface area contributed by atoms with Gasteiger partial charge in [0.15, 0.2) is 0 Å². The van der Waals surface area contributed by atoms with Gasteiger partial charge in [0.25, 0.3) is 0 Å². The summed E-state index contributed by atoms with van der Waals surface area (Å²) >= 11 is 0. The molecule has 4 rings (SSSR count). The van der Waals surface area contributed by atoms with Crippen LogP contribution in [0, 0.1) is 0 Å². The number of likely N-dealkylation sites (tertiary alicyclic amines) is 1. The van der Waals surface area contributed by atoms with Gasteiger partial charge in [-0.3, -0.25) is 4.79 Å². The Balaban J connectivity index is 1.50. The van der Waals surface area contributed by atoms with Crippen molar-refractivity contribution >= 4 is 38.8 Å². The summed E-state index contributed by atoms with van der Waals surface area (Å²) in [4.78, 5) is 23.3. The summed E-state index contributed by atoms with van der Waals surface area (Å²) in [5.74, 6) is 0.661. The molecule has 9 nitrogen and oxygen atoms in total. The number of piperidine rings is 1. The van der Waals surface area contributed by atoms with Crippen molar-refractivity contribution in [2.24, 2.45) is 0 Å². The fourth-order valence-electron chi connectivity index (χ4n) is 4.70. The molecule has 0 spiro atoms. The van der Waals surface area contributed by atoms with Crippen molar-refractivity contribution in [3.05, 3.63) is 36.5 Å². The predicted molar refractivity (Wildman–Crippen MR) is 135 cm³/mol. The van der Waals surface area contributed by atoms with Gasteiger partial charge in [0.05, 0.1) is 22.5 Å². The Bertz CT molecular complexity index is 1140. The molecule has 0 aliphatic carbocycles. The highest BCUT2D eigenvalue weighted by Crippen LogP contribution is 2.38. The number of nitrogens with one attached hydrogen (secondary N) is 2. The number of fused-ring (bicyclic) bond motifs is 1. The van der Waals surface area contributed by atoms with Gasteiger partial charge in [0.2, 0.25) is 15.9 Å². The van der Waals surface area contributed by atoms with E-state index in [-0.39, 0.29) is 28.9 Å². The zero-order chi connectivity index (χ0) is 24.6. The van der Waals surface area contributed by atoms with E-state index in [4.69, 9.17) is 0 Å². The average Bonchev–Trinajstić information content (AvgIpc) is 2.79. The molecule has 10 heteroatoms. The normalized spacial score (nSPS) is 20.1. The first kappa shape index (κ1) is 24.4. The summed E-state index contributed by atoms with van der Waals surface area (Å²) in [6.45, 7) is 7.81. The molecule has 1 atom stereocenters. The molecule has 184 valence electrons. The summed E-state index contributed by atoms with van der Waals surface area (Å²) in [5, 5.41) is 3.26. The third-order valence-electron chi connectivity index (χ3n) is 6.64. The highest BCUT2D eigenvalue weighted by molar-refractivity contribution is 7.89. The number of carbonyl (C=O) groups excluding carboxylic acids is 1. The molecule has 2 N–H and O–H groups in total. The van der Waals surface area contributed by atoms with Gasteiger partial charge in [-0.05, 0) is 78.0 Å². The molecule has 34 heavy (non-hydrogen) atoms. The molecule has 1 aromatic carbocycles. The monoisotopic (exact) mass is 486 g/mol. The summed E-state index contributed by atoms with van der Waals surface area (Å²) < 4.78 is 28.4. The quantitative estimate of drug-likeness (QED) is 0.648. The van der Waals surface area contributed by atoms with Crippen LogP contribution in [0.15, 0.2) is 41.4 Å². The van der Waals surface area contributed by atoms with E-state index in [1.165, 1.54) is 0 Å². The smallest absolute Gasteiger partial charge is 0.249 e. The number of aromatic nitrogens is 1. The summed E-state index contributed by atoms with van der Waals surface area (Å²) in [7, 11) is 0.245. The first-order valence-electron chi connectivity index (χ1n) is 11.7. The van der Waals surface area contributed by atoms with Crippen molar-refractivity contribution in [1.29, 1.82) is 0 Å². The van der Waals surface area contributed by atoms with Crippen LogP contribution in [-0.2, 0) is 14.8 Å². The van der Waals surface area contributed by atoms with Gasteiger partial charge in [-0.15, -0.1) is 0 Å². The second-order valence-electron chi connectivity index (χ2n) is 9.48. The molecule has 0 radical (unpaired) electrons. The first-order valence-corrected chi connectivity index (χ1v) is 13.2. The van der Waals surface area contributed by atoms with Crippen LogP contribution in [0.2, 0.25) is 0 Å². The second kappa shape index (κ2) is 9.52. The van der Waals surface area contributed by atoms with E-state index in [0.29, 0.717) is 5.82 Å². The molecule has 2 aromatic rings. The van der Waals surface area contributed by atoms with E-state index in [9.17, 15) is 13.2 Å². The van der Waals surface area contributed by atoms with Gasteiger partial charge in [-0.1, -0.05) is 0 Å². The van der Waals surface area contributed by atoms with Gasteiger partial charge in [-0.25, -0.2) is 18.1 Å². The molecule has 0 saturated carbocycles. The van der Waals surface area contributed by atoms with Crippen LogP contribution in [0.1, 0.15) is 33.6 Å². The van der Waals surface area contributed by atoms with E-state index in [1.807, 2.05) is 20.0 Å². The minimum absolute atomic E-state index is 0.0324. The lowest BCUT2D eigenvalue weighted by Crippen LogP contribution is -2.53. The molecule has 1 saturated heterocycles. The SMILES string of the molecule is CC(C)N1c2cc(Nc3ccc(S(=O)(=O)NC4CCN(C)CC4)cc3)ncc2N(C)C(=O)C1C. The minimum atomic E-state index is -3.57. The number of hydrogen-bond donors (Lipinski definition) is 2. The molecule has 1 amide bonds. The van der Waals surface area contributed by atoms with Crippen LogP contribution >= 0.6 is 0 Å². The Morgan fingerprint density at radius 1 is 1.06 bits per heavy atom. The molecular formula is C24H34N6O3S. The van der Waals surface area contributed by atoms with Gasteiger partial charge in [0, 0.05) is 30.9 Å². The highest BCUT2D eigenvalue weighted by atomic mass is 32.2. The van der Waals surface area contributed by atoms with Crippen molar-refractivity contribution in [3.63, 3.8) is 0 Å². The van der Waals surface area contributed by atoms with Gasteiger partial charge in [0.1, 0.15) is 11.9 Å². The zero-order valence-corrected chi connectivity index (χ0v) is 21.3. The second-order valence-corrected chi connectivity index (χ2v) is 11.2. The molecule has 2 aliphatic heterocycles. The van der Waals surface area contributed by atoms with Crippen LogP contribution in [0.4, 0.5) is 22.9 Å². The first-order chi connectivity index (χ1) is 16.1. The highest BCUT2D eigenvalue weighted by Gasteiger charge is 2.35. The number of hydrogen-bond acceptors (Lipinski definition) is 7. The zero-order valence-electron chi connectivity index (χ0n) is 20.4. The third kappa shape index (κ3) is 4.89. The van der Waals surface area contributed by atoms with Crippen molar-refractivity contribution in [2.45, 2.75) is 56.6 Å². The van der Waals surface area contributed by atoms with Crippen LogP contribution in [-0.4, -0.2) is 69.5 Å². The largest absolute Gasteiger partial charge is 0.355 e. The maximum absolute atomic E-state index is 12.8. The lowest BCUT2D eigenvalue weighted by atomic mass is 10.1. The van der Waals surface area contributed by atoms with E-state index < -0.39 is 10.0 Å². The Kier molecular flexibility index (Phi) is 6.84. The van der Waals surface area contributed by atoms with E-state index in [0.717, 1.165) is 43.0 Å². The summed E-state index contributed by atoms with van der Waals surface area (Å²) in [6, 6.07) is 8.46. The fraction of sp³-hybridized carbons (Fsp3) is 0.500. The van der Waals surface area contributed by atoms with Crippen LogP contribution in [0.25, 0.3) is 0 Å². The number of rotatable bonds is 6. The van der Waals surface area contributed by atoms with Gasteiger partial charge in [-0.2, -0.15) is 0 Å². The number of anilines is 4. The average molecular weight is 487 g/mol. The number of pyridine rings is 1. The number of carbonyl (C=O) groups is 1. The fourth-order valence-corrected chi connectivity index (χ4v) is 6.01. The standard InChI is InChI=1S/C24H34N6O3S/c1-16(2)30-17(3)24(31)29(5)22-15-25-23(14-21(22)30)26-18-6-8-20(9-7-18)34(32,33)27-19-10-12-28(4)13-11-19/h6-9,14-17,19,27H,10-13H2,1-5H3,(H,25,26). The molecule has 1 unspecified atom stereocenters. The Hall–Kier alpha value is -2.69. The molecular weight excluding hydrogens is 452 g/mol. The molecule has 1 fully saturated rings. The Morgan fingerprint density at radius 3 is 2.32 bits per heavy atom. The molecule has 1 aromatic heterocycles. The number of amides is 1. The van der Waals surface area contributed by atoms with Crippen LogP contribution < -0.4 is 19.8 Å². The van der Waals surface area contributed by atoms with E-state index in [1.54, 1.807) is 42.4 Å². The Morgan fingerprint density at radius 2 is 1.71 bits per heavy atom. The minimum Gasteiger partial charge on any atom is -0.355 e. The topological polar surface area (TPSA) is 97.9 Å². The van der Waals surface area contributed by atoms with E-state index >= 15 is 0 Å². The predicted octanol–water partition coefficient (Wildman–Crippen LogP) is 2.78. The lowest BCUT2D eigenvalue weighted by molar-refractivity contribution is -0.119. The third-order valence-corrected chi connectivity index (χ3v) is 8.18. The number of likely N-dealkylation sites (N-methyl/N-ethyl adjacent to an activating group) is 1. The number of sulfonamides is 1. The number of nitrogens with zero attached hydrogens (tertiary/aromatic N) is 4. The maximum Gasteiger partial charge on any atom is 0.249 e.